The zero-order chi connectivity index (χ0) is 13.1. The fourth-order valence-corrected chi connectivity index (χ4v) is 3.00. The number of aryl methyl sites for hydroxylation is 1. The first-order valence-corrected chi connectivity index (χ1v) is 7.56. The van der Waals surface area contributed by atoms with E-state index in [4.69, 9.17) is 4.74 Å². The van der Waals surface area contributed by atoms with Gasteiger partial charge in [0.2, 0.25) is 0 Å². The van der Waals surface area contributed by atoms with E-state index >= 15 is 0 Å². The molecule has 0 aromatic heterocycles. The Morgan fingerprint density at radius 3 is 3.11 bits per heavy atom. The molecule has 3 rings (SSSR count). The van der Waals surface area contributed by atoms with E-state index in [1.165, 1.54) is 42.5 Å². The third-order valence-corrected chi connectivity index (χ3v) is 4.20. The lowest BCUT2D eigenvalue weighted by Crippen LogP contribution is -2.45. The Kier molecular flexibility index (Phi) is 4.04. The first kappa shape index (κ1) is 12.9. The van der Waals surface area contributed by atoms with Crippen molar-refractivity contribution in [2.24, 2.45) is 0 Å². The second-order valence-electron chi connectivity index (χ2n) is 5.65. The van der Waals surface area contributed by atoms with Crippen molar-refractivity contribution in [3.8, 4) is 0 Å². The standard InChI is InChI=1S/C16H24N2O/c1-2-19-15-9-14(10-15)18-11-12-5-6-16-13(8-12)4-3-7-17-16/h5-6,8,14-15,17-18H,2-4,7,9-11H2,1H3. The second-order valence-corrected chi connectivity index (χ2v) is 5.65. The molecule has 1 aliphatic carbocycles. The molecule has 0 unspecified atom stereocenters. The Bertz CT molecular complexity index is 427. The largest absolute Gasteiger partial charge is 0.385 e. The maximum absolute atomic E-state index is 5.59. The van der Waals surface area contributed by atoms with E-state index in [1.54, 1.807) is 0 Å². The van der Waals surface area contributed by atoms with Gasteiger partial charge < -0.3 is 15.4 Å². The highest BCUT2D eigenvalue weighted by molar-refractivity contribution is 5.54. The molecule has 0 bridgehead atoms. The minimum Gasteiger partial charge on any atom is -0.385 e. The van der Waals surface area contributed by atoms with Gasteiger partial charge in [0.25, 0.3) is 0 Å². The molecule has 1 aliphatic heterocycles. The van der Waals surface area contributed by atoms with Crippen molar-refractivity contribution in [1.29, 1.82) is 0 Å². The minimum absolute atomic E-state index is 0.496. The van der Waals surface area contributed by atoms with Crippen LogP contribution in [0.4, 0.5) is 5.69 Å². The summed E-state index contributed by atoms with van der Waals surface area (Å²) in [5, 5.41) is 7.09. The van der Waals surface area contributed by atoms with Gasteiger partial charge >= 0.3 is 0 Å². The number of rotatable bonds is 5. The number of hydrogen-bond acceptors (Lipinski definition) is 3. The highest BCUT2D eigenvalue weighted by Crippen LogP contribution is 2.25. The summed E-state index contributed by atoms with van der Waals surface area (Å²) in [6, 6.07) is 7.47. The third-order valence-electron chi connectivity index (χ3n) is 4.20. The lowest BCUT2D eigenvalue weighted by Gasteiger charge is -2.35. The van der Waals surface area contributed by atoms with Crippen molar-refractivity contribution in [2.75, 3.05) is 18.5 Å². The minimum atomic E-state index is 0.496. The van der Waals surface area contributed by atoms with Crippen LogP contribution >= 0.6 is 0 Å². The van der Waals surface area contributed by atoms with Crippen LogP contribution in [0, 0.1) is 0 Å². The van der Waals surface area contributed by atoms with Crippen molar-refractivity contribution < 1.29 is 4.74 Å². The van der Waals surface area contributed by atoms with Gasteiger partial charge in [0.1, 0.15) is 0 Å². The summed E-state index contributed by atoms with van der Waals surface area (Å²) in [5.74, 6) is 0. The van der Waals surface area contributed by atoms with Crippen LogP contribution in [0.5, 0.6) is 0 Å². The third kappa shape index (κ3) is 3.10. The van der Waals surface area contributed by atoms with Crippen LogP contribution in [-0.2, 0) is 17.7 Å². The van der Waals surface area contributed by atoms with E-state index in [1.807, 2.05) is 0 Å². The van der Waals surface area contributed by atoms with Gasteiger partial charge in [0, 0.05) is 31.4 Å². The summed E-state index contributed by atoms with van der Waals surface area (Å²) in [6.07, 6.45) is 5.30. The topological polar surface area (TPSA) is 33.3 Å². The van der Waals surface area contributed by atoms with E-state index in [0.717, 1.165) is 19.7 Å². The van der Waals surface area contributed by atoms with E-state index in [0.29, 0.717) is 12.1 Å². The van der Waals surface area contributed by atoms with E-state index in [-0.39, 0.29) is 0 Å². The number of anilines is 1. The lowest BCUT2D eigenvalue weighted by atomic mass is 9.89. The Morgan fingerprint density at radius 2 is 2.26 bits per heavy atom. The molecular formula is C16H24N2O. The molecule has 19 heavy (non-hydrogen) atoms. The summed E-state index contributed by atoms with van der Waals surface area (Å²) >= 11 is 0. The van der Waals surface area contributed by atoms with Crippen molar-refractivity contribution in [3.63, 3.8) is 0 Å². The summed E-state index contributed by atoms with van der Waals surface area (Å²) in [7, 11) is 0. The summed E-state index contributed by atoms with van der Waals surface area (Å²) in [6.45, 7) is 5.01. The van der Waals surface area contributed by atoms with Crippen LogP contribution < -0.4 is 10.6 Å². The highest BCUT2D eigenvalue weighted by Gasteiger charge is 2.28. The van der Waals surface area contributed by atoms with Gasteiger partial charge in [-0.15, -0.1) is 0 Å². The van der Waals surface area contributed by atoms with Gasteiger partial charge in [-0.3, -0.25) is 0 Å². The maximum Gasteiger partial charge on any atom is 0.0604 e. The average molecular weight is 260 g/mol. The molecular weight excluding hydrogens is 236 g/mol. The number of nitrogens with one attached hydrogen (secondary N) is 2. The molecule has 0 atom stereocenters. The molecule has 1 aromatic rings. The molecule has 0 radical (unpaired) electrons. The number of ether oxygens (including phenoxy) is 1. The molecule has 104 valence electrons. The Balaban J connectivity index is 1.48. The second kappa shape index (κ2) is 5.93. The zero-order valence-electron chi connectivity index (χ0n) is 11.7. The van der Waals surface area contributed by atoms with Gasteiger partial charge in [0.05, 0.1) is 6.10 Å². The number of fused-ring (bicyclic) bond motifs is 1. The maximum atomic E-state index is 5.59. The predicted molar refractivity (Wildman–Crippen MR) is 78.5 cm³/mol. The van der Waals surface area contributed by atoms with Crippen molar-refractivity contribution in [2.45, 2.75) is 51.3 Å². The Labute approximate surface area is 115 Å². The first-order chi connectivity index (χ1) is 9.35. The van der Waals surface area contributed by atoms with Gasteiger partial charge in [0.15, 0.2) is 0 Å². The van der Waals surface area contributed by atoms with Crippen molar-refractivity contribution in [1.82, 2.24) is 5.32 Å². The van der Waals surface area contributed by atoms with E-state index < -0.39 is 0 Å². The first-order valence-electron chi connectivity index (χ1n) is 7.56. The number of hydrogen-bond donors (Lipinski definition) is 2. The smallest absolute Gasteiger partial charge is 0.0604 e. The van der Waals surface area contributed by atoms with E-state index in [9.17, 15) is 0 Å². The molecule has 0 amide bonds. The van der Waals surface area contributed by atoms with Crippen molar-refractivity contribution >= 4 is 5.69 Å². The molecule has 1 aromatic carbocycles. The summed E-state index contributed by atoms with van der Waals surface area (Å²) in [4.78, 5) is 0. The van der Waals surface area contributed by atoms with Crippen LogP contribution in [0.25, 0.3) is 0 Å². The normalized spacial score (nSPS) is 25.3. The van der Waals surface area contributed by atoms with Crippen LogP contribution in [-0.4, -0.2) is 25.3 Å². The molecule has 1 saturated carbocycles. The van der Waals surface area contributed by atoms with Crippen molar-refractivity contribution in [3.05, 3.63) is 29.3 Å². The Hall–Kier alpha value is -1.06. The fraction of sp³-hybridized carbons (Fsp3) is 0.625. The lowest BCUT2D eigenvalue weighted by molar-refractivity contribution is -0.0102. The molecule has 3 nitrogen and oxygen atoms in total. The molecule has 3 heteroatoms. The molecule has 2 aliphatic rings. The van der Waals surface area contributed by atoms with Gasteiger partial charge in [-0.2, -0.15) is 0 Å². The SMILES string of the molecule is CCOC1CC(NCc2ccc3c(c2)CCCN3)C1. The van der Waals surface area contributed by atoms with Crippen LogP contribution in [0.1, 0.15) is 37.3 Å². The average Bonchev–Trinajstić information content (AvgIpc) is 2.41. The molecule has 0 saturated heterocycles. The zero-order valence-corrected chi connectivity index (χ0v) is 11.7. The van der Waals surface area contributed by atoms with Crippen LogP contribution in [0.3, 0.4) is 0 Å². The van der Waals surface area contributed by atoms with Crippen LogP contribution in [0.2, 0.25) is 0 Å². The van der Waals surface area contributed by atoms with E-state index in [2.05, 4.69) is 35.8 Å². The summed E-state index contributed by atoms with van der Waals surface area (Å²) in [5.41, 5.74) is 4.21. The molecule has 2 N–H and O–H groups in total. The summed E-state index contributed by atoms with van der Waals surface area (Å²) < 4.78 is 5.59. The predicted octanol–water partition coefficient (Wildman–Crippen LogP) is 2.70. The van der Waals surface area contributed by atoms with Gasteiger partial charge in [-0.05, 0) is 49.8 Å². The van der Waals surface area contributed by atoms with Crippen LogP contribution in [0.15, 0.2) is 18.2 Å². The Morgan fingerprint density at radius 1 is 1.37 bits per heavy atom. The number of benzene rings is 1. The van der Waals surface area contributed by atoms with Gasteiger partial charge in [-0.25, -0.2) is 0 Å². The molecule has 1 fully saturated rings. The highest BCUT2D eigenvalue weighted by atomic mass is 16.5. The van der Waals surface area contributed by atoms with Gasteiger partial charge in [-0.1, -0.05) is 12.1 Å². The molecule has 0 spiro atoms. The molecule has 1 heterocycles. The fourth-order valence-electron chi connectivity index (χ4n) is 3.00. The monoisotopic (exact) mass is 260 g/mol. The quantitative estimate of drug-likeness (QED) is 0.854.